The number of nitrogens with two attached hydrogens (primary N) is 1. The van der Waals surface area contributed by atoms with Gasteiger partial charge in [0.25, 0.3) is 11.8 Å². The molecule has 0 aromatic heterocycles. The van der Waals surface area contributed by atoms with E-state index in [4.69, 9.17) is 5.73 Å². The second-order valence-electron chi connectivity index (χ2n) is 6.15. The van der Waals surface area contributed by atoms with Crippen LogP contribution in [0.3, 0.4) is 0 Å². The molecular weight excluding hydrogens is 332 g/mol. The van der Waals surface area contributed by atoms with Crippen molar-refractivity contribution >= 4 is 23.5 Å². The number of amides is 4. The molecule has 0 spiro atoms. The Morgan fingerprint density at radius 1 is 1.15 bits per heavy atom. The molecule has 1 fully saturated rings. The lowest BCUT2D eigenvalue weighted by molar-refractivity contribution is -0.127. The number of urea groups is 1. The van der Waals surface area contributed by atoms with Crippen molar-refractivity contribution in [3.05, 3.63) is 65.2 Å². The highest BCUT2D eigenvalue weighted by Gasteiger charge is 2.37. The number of nitrogen functional groups attached to an aromatic ring is 1. The minimum atomic E-state index is -0.603. The maximum atomic E-state index is 12.6. The predicted molar refractivity (Wildman–Crippen MR) is 97.3 cm³/mol. The smallest absolute Gasteiger partial charge is 0.325 e. The zero-order valence-electron chi connectivity index (χ0n) is 14.4. The van der Waals surface area contributed by atoms with Gasteiger partial charge in [-0.1, -0.05) is 24.3 Å². The second kappa shape index (κ2) is 7.26. The molecule has 1 unspecified atom stereocenters. The topological polar surface area (TPSA) is 105 Å². The summed E-state index contributed by atoms with van der Waals surface area (Å²) in [6.45, 7) is 0.119. The number of hydrogen-bond acceptors (Lipinski definition) is 4. The van der Waals surface area contributed by atoms with E-state index in [1.54, 1.807) is 43.4 Å². The number of benzene rings is 2. The highest BCUT2D eigenvalue weighted by Crippen LogP contribution is 2.17. The first-order valence-electron chi connectivity index (χ1n) is 8.25. The molecule has 2 aromatic rings. The minimum absolute atomic E-state index is 0.119. The van der Waals surface area contributed by atoms with Crippen molar-refractivity contribution in [3.8, 4) is 0 Å². The molecule has 7 heteroatoms. The van der Waals surface area contributed by atoms with Crippen molar-refractivity contribution < 1.29 is 14.4 Å². The molecule has 1 aliphatic rings. The molecule has 1 atom stereocenters. The van der Waals surface area contributed by atoms with E-state index in [-0.39, 0.29) is 18.4 Å². The molecule has 134 valence electrons. The fourth-order valence-electron chi connectivity index (χ4n) is 2.89. The number of imide groups is 1. The number of nitrogens with zero attached hydrogens (tertiary/aromatic N) is 1. The molecule has 4 amide bonds. The van der Waals surface area contributed by atoms with Gasteiger partial charge >= 0.3 is 6.03 Å². The van der Waals surface area contributed by atoms with Crippen LogP contribution in [-0.2, 0) is 17.8 Å². The number of hydrogen-bond donors (Lipinski definition) is 3. The first-order valence-corrected chi connectivity index (χ1v) is 8.25. The molecule has 0 saturated carbocycles. The van der Waals surface area contributed by atoms with Crippen LogP contribution in [0.5, 0.6) is 0 Å². The predicted octanol–water partition coefficient (Wildman–Crippen LogP) is 1.29. The first kappa shape index (κ1) is 17.5. The van der Waals surface area contributed by atoms with Crippen molar-refractivity contribution in [2.75, 3.05) is 12.8 Å². The average molecular weight is 352 g/mol. The van der Waals surface area contributed by atoms with Gasteiger partial charge in [0.2, 0.25) is 0 Å². The average Bonchev–Trinajstić information content (AvgIpc) is 2.90. The van der Waals surface area contributed by atoms with E-state index in [0.717, 1.165) is 5.56 Å². The van der Waals surface area contributed by atoms with E-state index < -0.39 is 12.1 Å². The van der Waals surface area contributed by atoms with Crippen molar-refractivity contribution in [2.45, 2.75) is 19.0 Å². The van der Waals surface area contributed by atoms with Crippen molar-refractivity contribution in [3.63, 3.8) is 0 Å². The summed E-state index contributed by atoms with van der Waals surface area (Å²) in [6.07, 6.45) is 0.402. The second-order valence-corrected chi connectivity index (χ2v) is 6.15. The van der Waals surface area contributed by atoms with Crippen LogP contribution in [0.4, 0.5) is 10.5 Å². The molecule has 2 aromatic carbocycles. The number of anilines is 1. The summed E-state index contributed by atoms with van der Waals surface area (Å²) in [5.41, 5.74) is 8.42. The van der Waals surface area contributed by atoms with Gasteiger partial charge in [0.15, 0.2) is 0 Å². The molecule has 7 nitrogen and oxygen atoms in total. The molecule has 4 N–H and O–H groups in total. The van der Waals surface area contributed by atoms with E-state index in [1.165, 1.54) is 4.90 Å². The Hall–Kier alpha value is -3.35. The lowest BCUT2D eigenvalue weighted by atomic mass is 10.1. The summed E-state index contributed by atoms with van der Waals surface area (Å²) in [6, 6.07) is 13.0. The lowest BCUT2D eigenvalue weighted by Gasteiger charge is -2.14. The molecular formula is C19H20N4O3. The summed E-state index contributed by atoms with van der Waals surface area (Å²) in [4.78, 5) is 37.7. The Morgan fingerprint density at radius 3 is 2.58 bits per heavy atom. The highest BCUT2D eigenvalue weighted by atomic mass is 16.2. The summed E-state index contributed by atoms with van der Waals surface area (Å²) >= 11 is 0. The van der Waals surface area contributed by atoms with Crippen molar-refractivity contribution in [1.82, 2.24) is 15.5 Å². The quantitative estimate of drug-likeness (QED) is 0.557. The number of carbonyl (C=O) groups is 3. The van der Waals surface area contributed by atoms with Gasteiger partial charge in [-0.05, 0) is 35.4 Å². The van der Waals surface area contributed by atoms with E-state index in [0.29, 0.717) is 23.2 Å². The maximum absolute atomic E-state index is 12.6. The first-order chi connectivity index (χ1) is 12.5. The maximum Gasteiger partial charge on any atom is 0.325 e. The molecule has 0 radical (unpaired) electrons. The highest BCUT2D eigenvalue weighted by molar-refractivity contribution is 6.04. The Balaban J connectivity index is 1.71. The molecule has 0 aliphatic carbocycles. The van der Waals surface area contributed by atoms with Gasteiger partial charge in [-0.2, -0.15) is 0 Å². The summed E-state index contributed by atoms with van der Waals surface area (Å²) in [5.74, 6) is -0.498. The Kier molecular flexibility index (Phi) is 4.88. The lowest BCUT2D eigenvalue weighted by Crippen LogP contribution is -2.32. The molecule has 0 bridgehead atoms. The van der Waals surface area contributed by atoms with Crippen LogP contribution in [0.1, 0.15) is 21.5 Å². The van der Waals surface area contributed by atoms with Crippen LogP contribution < -0.4 is 16.4 Å². The van der Waals surface area contributed by atoms with E-state index in [1.807, 2.05) is 12.1 Å². The van der Waals surface area contributed by atoms with Crippen molar-refractivity contribution in [2.24, 2.45) is 0 Å². The zero-order chi connectivity index (χ0) is 18.7. The number of nitrogens with one attached hydrogen (secondary N) is 2. The molecule has 1 saturated heterocycles. The van der Waals surface area contributed by atoms with Gasteiger partial charge in [0, 0.05) is 24.7 Å². The fourth-order valence-corrected chi connectivity index (χ4v) is 2.89. The third-order valence-electron chi connectivity index (χ3n) is 4.28. The van der Waals surface area contributed by atoms with Crippen LogP contribution >= 0.6 is 0 Å². The normalized spacial score (nSPS) is 16.5. The van der Waals surface area contributed by atoms with E-state index in [9.17, 15) is 14.4 Å². The van der Waals surface area contributed by atoms with Crippen molar-refractivity contribution in [1.29, 1.82) is 0 Å². The zero-order valence-corrected chi connectivity index (χ0v) is 14.4. The number of carbonyl (C=O) groups excluding carboxylic acids is 3. The molecule has 1 heterocycles. The van der Waals surface area contributed by atoms with Crippen LogP contribution in [0, 0.1) is 0 Å². The van der Waals surface area contributed by atoms with Gasteiger partial charge in [-0.15, -0.1) is 0 Å². The Bertz CT molecular complexity index is 848. The monoisotopic (exact) mass is 352 g/mol. The van der Waals surface area contributed by atoms with Crippen LogP contribution in [0.15, 0.2) is 48.5 Å². The summed E-state index contributed by atoms with van der Waals surface area (Å²) < 4.78 is 0. The van der Waals surface area contributed by atoms with Crippen LogP contribution in [-0.4, -0.2) is 35.8 Å². The third-order valence-corrected chi connectivity index (χ3v) is 4.28. The van der Waals surface area contributed by atoms with Crippen LogP contribution in [0.2, 0.25) is 0 Å². The van der Waals surface area contributed by atoms with E-state index >= 15 is 0 Å². The summed E-state index contributed by atoms with van der Waals surface area (Å²) in [5, 5.41) is 5.26. The van der Waals surface area contributed by atoms with Gasteiger partial charge in [-0.3, -0.25) is 14.5 Å². The summed E-state index contributed by atoms with van der Waals surface area (Å²) in [7, 11) is 1.55. The largest absolute Gasteiger partial charge is 0.399 e. The van der Waals surface area contributed by atoms with Gasteiger partial charge < -0.3 is 16.4 Å². The Morgan fingerprint density at radius 2 is 1.88 bits per heavy atom. The fraction of sp³-hybridized carbons (Fsp3) is 0.211. The molecule has 26 heavy (non-hydrogen) atoms. The molecule has 1 aliphatic heterocycles. The van der Waals surface area contributed by atoms with E-state index in [2.05, 4.69) is 10.6 Å². The number of rotatable bonds is 5. The third kappa shape index (κ3) is 3.66. The Labute approximate surface area is 151 Å². The SMILES string of the molecule is CNC(=O)c1cccc(CN2C(=O)NC(Cc3ccc(N)cc3)C2=O)c1. The standard InChI is InChI=1S/C19H20N4O3/c1-21-17(24)14-4-2-3-13(9-14)11-23-18(25)16(22-19(23)26)10-12-5-7-15(20)8-6-12/h2-9,16H,10-11,20H2,1H3,(H,21,24)(H,22,26). The minimum Gasteiger partial charge on any atom is -0.399 e. The van der Waals surface area contributed by atoms with Gasteiger partial charge in [-0.25, -0.2) is 4.79 Å². The molecule has 3 rings (SSSR count). The van der Waals surface area contributed by atoms with Gasteiger partial charge in [0.05, 0.1) is 6.54 Å². The van der Waals surface area contributed by atoms with Crippen LogP contribution in [0.25, 0.3) is 0 Å². The van der Waals surface area contributed by atoms with Gasteiger partial charge in [0.1, 0.15) is 6.04 Å².